The Bertz CT molecular complexity index is 892. The van der Waals surface area contributed by atoms with Crippen LogP contribution in [-0.4, -0.2) is 34.8 Å². The molecule has 0 aliphatic carbocycles. The minimum atomic E-state index is -0.612. The molecule has 0 bridgehead atoms. The topological polar surface area (TPSA) is 95.6 Å². The summed E-state index contributed by atoms with van der Waals surface area (Å²) >= 11 is 1.60. The van der Waals surface area contributed by atoms with E-state index in [4.69, 9.17) is 4.52 Å². The molecule has 0 radical (unpaired) electrons. The van der Waals surface area contributed by atoms with Crippen LogP contribution in [-0.2, 0) is 12.0 Å². The van der Waals surface area contributed by atoms with Crippen molar-refractivity contribution in [1.29, 1.82) is 0 Å². The monoisotopic (exact) mass is 387 g/mol. The standard InChI is InChI=1S/C19H25N5O2S/c1-19(2,3)17-23-16(24-26-17)11-22-18(20-4)21-10-13(25)15-9-12-7-5-6-8-14(12)27-15/h5-9,13,25H,10-11H2,1-4H3,(H2,20,21,22). The molecule has 0 saturated carbocycles. The molecular formula is C19H25N5O2S. The lowest BCUT2D eigenvalue weighted by Crippen LogP contribution is -2.39. The lowest BCUT2D eigenvalue weighted by atomic mass is 9.97. The van der Waals surface area contributed by atoms with Crippen LogP contribution < -0.4 is 10.6 Å². The van der Waals surface area contributed by atoms with E-state index < -0.39 is 6.10 Å². The molecule has 2 heterocycles. The van der Waals surface area contributed by atoms with Crippen LogP contribution in [0.1, 0.15) is 43.5 Å². The molecule has 0 aliphatic rings. The predicted octanol–water partition coefficient (Wildman–Crippen LogP) is 2.98. The summed E-state index contributed by atoms with van der Waals surface area (Å²) in [6.07, 6.45) is -0.612. The molecule has 0 fully saturated rings. The highest BCUT2D eigenvalue weighted by atomic mass is 32.1. The summed E-state index contributed by atoms with van der Waals surface area (Å²) in [5.74, 6) is 1.73. The number of fused-ring (bicyclic) bond motifs is 1. The summed E-state index contributed by atoms with van der Waals surface area (Å²) < 4.78 is 6.45. The van der Waals surface area contributed by atoms with Crippen molar-refractivity contribution in [3.8, 4) is 0 Å². The lowest BCUT2D eigenvalue weighted by Gasteiger charge is -2.13. The summed E-state index contributed by atoms with van der Waals surface area (Å²) in [6.45, 7) is 6.80. The van der Waals surface area contributed by atoms with Crippen LogP contribution in [0.5, 0.6) is 0 Å². The van der Waals surface area contributed by atoms with Crippen LogP contribution in [0.15, 0.2) is 39.8 Å². The number of aromatic nitrogens is 2. The van der Waals surface area contributed by atoms with Crippen molar-refractivity contribution in [2.75, 3.05) is 13.6 Å². The van der Waals surface area contributed by atoms with Gasteiger partial charge in [0.1, 0.15) is 6.10 Å². The van der Waals surface area contributed by atoms with Gasteiger partial charge in [0.15, 0.2) is 11.8 Å². The van der Waals surface area contributed by atoms with Gasteiger partial charge in [0.2, 0.25) is 5.89 Å². The fourth-order valence-corrected chi connectivity index (χ4v) is 3.52. The van der Waals surface area contributed by atoms with Gasteiger partial charge in [-0.25, -0.2) is 0 Å². The van der Waals surface area contributed by atoms with E-state index >= 15 is 0 Å². The first-order valence-corrected chi connectivity index (χ1v) is 9.62. The highest BCUT2D eigenvalue weighted by molar-refractivity contribution is 7.19. The molecule has 1 atom stereocenters. The Morgan fingerprint density at radius 2 is 2.07 bits per heavy atom. The molecule has 0 amide bonds. The van der Waals surface area contributed by atoms with E-state index in [1.807, 2.05) is 45.0 Å². The van der Waals surface area contributed by atoms with Crippen LogP contribution in [0.4, 0.5) is 0 Å². The van der Waals surface area contributed by atoms with Gasteiger partial charge in [-0.15, -0.1) is 11.3 Å². The number of nitrogens with zero attached hydrogens (tertiary/aromatic N) is 3. The maximum Gasteiger partial charge on any atom is 0.232 e. The highest BCUT2D eigenvalue weighted by Crippen LogP contribution is 2.29. The van der Waals surface area contributed by atoms with Gasteiger partial charge in [0.05, 0.1) is 6.54 Å². The van der Waals surface area contributed by atoms with Gasteiger partial charge < -0.3 is 20.3 Å². The van der Waals surface area contributed by atoms with E-state index in [1.54, 1.807) is 18.4 Å². The molecule has 0 aliphatic heterocycles. The van der Waals surface area contributed by atoms with E-state index in [0.717, 1.165) is 10.3 Å². The van der Waals surface area contributed by atoms with Crippen molar-refractivity contribution in [2.24, 2.45) is 4.99 Å². The zero-order valence-corrected chi connectivity index (χ0v) is 16.8. The maximum atomic E-state index is 10.5. The fraction of sp³-hybridized carbons (Fsp3) is 0.421. The maximum absolute atomic E-state index is 10.5. The van der Waals surface area contributed by atoms with Gasteiger partial charge in [-0.3, -0.25) is 4.99 Å². The average Bonchev–Trinajstić information content (AvgIpc) is 3.28. The van der Waals surface area contributed by atoms with Crippen molar-refractivity contribution in [3.05, 3.63) is 46.9 Å². The number of hydrogen-bond acceptors (Lipinski definition) is 6. The minimum Gasteiger partial charge on any atom is -0.386 e. The number of nitrogens with one attached hydrogen (secondary N) is 2. The molecule has 1 unspecified atom stereocenters. The Labute approximate surface area is 162 Å². The Morgan fingerprint density at radius 3 is 2.74 bits per heavy atom. The first-order valence-electron chi connectivity index (χ1n) is 8.81. The molecule has 8 heteroatoms. The van der Waals surface area contributed by atoms with E-state index in [9.17, 15) is 5.11 Å². The second kappa shape index (κ2) is 8.06. The molecule has 2 aromatic heterocycles. The minimum absolute atomic E-state index is 0.181. The Kier molecular flexibility index (Phi) is 5.76. The predicted molar refractivity (Wildman–Crippen MR) is 108 cm³/mol. The third-order valence-electron chi connectivity index (χ3n) is 3.98. The van der Waals surface area contributed by atoms with E-state index in [0.29, 0.717) is 30.8 Å². The van der Waals surface area contributed by atoms with E-state index in [1.165, 1.54) is 4.70 Å². The molecular weight excluding hydrogens is 362 g/mol. The second-order valence-corrected chi connectivity index (χ2v) is 8.39. The molecule has 27 heavy (non-hydrogen) atoms. The third kappa shape index (κ3) is 4.84. The molecule has 0 spiro atoms. The van der Waals surface area contributed by atoms with Gasteiger partial charge >= 0.3 is 0 Å². The number of benzene rings is 1. The van der Waals surface area contributed by atoms with Gasteiger partial charge in [-0.1, -0.05) is 44.1 Å². The third-order valence-corrected chi connectivity index (χ3v) is 5.20. The SMILES string of the molecule is CN=C(NCc1noc(C(C)(C)C)n1)NCC(O)c1cc2ccccc2s1. The first kappa shape index (κ1) is 19.3. The van der Waals surface area contributed by atoms with Crippen molar-refractivity contribution < 1.29 is 9.63 Å². The van der Waals surface area contributed by atoms with Crippen molar-refractivity contribution >= 4 is 27.4 Å². The summed E-state index contributed by atoms with van der Waals surface area (Å²) in [5.41, 5.74) is -0.181. The molecule has 3 N–H and O–H groups in total. The zero-order valence-electron chi connectivity index (χ0n) is 16.0. The first-order chi connectivity index (χ1) is 12.9. The Morgan fingerprint density at radius 1 is 1.30 bits per heavy atom. The Hall–Kier alpha value is -2.45. The molecule has 3 rings (SSSR count). The summed E-state index contributed by atoms with van der Waals surface area (Å²) in [6, 6.07) is 10.1. The highest BCUT2D eigenvalue weighted by Gasteiger charge is 2.21. The quantitative estimate of drug-likeness (QED) is 0.460. The van der Waals surface area contributed by atoms with Gasteiger partial charge in [-0.05, 0) is 17.5 Å². The lowest BCUT2D eigenvalue weighted by molar-refractivity contribution is 0.184. The number of guanidine groups is 1. The Balaban J connectivity index is 1.53. The number of rotatable bonds is 5. The number of thiophene rings is 1. The normalized spacial score (nSPS) is 13.7. The molecule has 0 saturated heterocycles. The van der Waals surface area contributed by atoms with Gasteiger partial charge in [0, 0.05) is 28.6 Å². The number of aliphatic imine (C=N–C) groups is 1. The van der Waals surface area contributed by atoms with Crippen LogP contribution in [0.2, 0.25) is 0 Å². The van der Waals surface area contributed by atoms with Crippen molar-refractivity contribution in [1.82, 2.24) is 20.8 Å². The molecule has 144 valence electrons. The fourth-order valence-electron chi connectivity index (χ4n) is 2.47. The number of aliphatic hydroxyl groups excluding tert-OH is 1. The summed E-state index contributed by atoms with van der Waals surface area (Å²) in [5, 5.41) is 21.8. The largest absolute Gasteiger partial charge is 0.386 e. The van der Waals surface area contributed by atoms with Crippen LogP contribution in [0, 0.1) is 0 Å². The average molecular weight is 388 g/mol. The smallest absolute Gasteiger partial charge is 0.232 e. The van der Waals surface area contributed by atoms with Crippen LogP contribution >= 0.6 is 11.3 Å². The number of aliphatic hydroxyl groups is 1. The number of hydrogen-bond donors (Lipinski definition) is 3. The van der Waals surface area contributed by atoms with E-state index in [2.05, 4.69) is 31.8 Å². The van der Waals surface area contributed by atoms with Crippen LogP contribution in [0.25, 0.3) is 10.1 Å². The summed E-state index contributed by atoms with van der Waals surface area (Å²) in [7, 11) is 1.68. The van der Waals surface area contributed by atoms with Crippen molar-refractivity contribution in [2.45, 2.75) is 38.8 Å². The molecule has 1 aromatic carbocycles. The van der Waals surface area contributed by atoms with Gasteiger partial charge in [0.25, 0.3) is 0 Å². The summed E-state index contributed by atoms with van der Waals surface area (Å²) in [4.78, 5) is 9.47. The molecule has 3 aromatic rings. The zero-order chi connectivity index (χ0) is 19.4. The van der Waals surface area contributed by atoms with Crippen molar-refractivity contribution in [3.63, 3.8) is 0 Å². The van der Waals surface area contributed by atoms with E-state index in [-0.39, 0.29) is 5.41 Å². The second-order valence-electron chi connectivity index (χ2n) is 7.27. The van der Waals surface area contributed by atoms with Crippen LogP contribution in [0.3, 0.4) is 0 Å². The molecule has 7 nitrogen and oxygen atoms in total. The van der Waals surface area contributed by atoms with Gasteiger partial charge in [-0.2, -0.15) is 4.98 Å².